The number of benzene rings is 3. The molecule has 0 spiro atoms. The number of phenols is 1. The number of primary amides is 2. The largest absolute Gasteiger partial charge is 0.508 e. The van der Waals surface area contributed by atoms with E-state index in [4.69, 9.17) is 11.5 Å². The number of carboxylic acids is 1. The van der Waals surface area contributed by atoms with Crippen LogP contribution in [-0.2, 0) is 106 Å². The zero-order valence-corrected chi connectivity index (χ0v) is 74.8. The molecule has 130 heavy (non-hydrogen) atoms. The summed E-state index contributed by atoms with van der Waals surface area (Å²) in [6.45, 7) is 4.60. The molecule has 8 rings (SSSR count). The lowest BCUT2D eigenvalue weighted by Gasteiger charge is -2.36. The summed E-state index contributed by atoms with van der Waals surface area (Å²) in [5.41, 5.74) is 13.6. The topological polar surface area (TPSA) is 629 Å². The molecule has 17 amide bonds. The number of aliphatic hydroxyl groups excluding tert-OH is 3. The fourth-order valence-corrected chi connectivity index (χ4v) is 16.8. The van der Waals surface area contributed by atoms with Gasteiger partial charge in [-0.3, -0.25) is 86.3 Å². The summed E-state index contributed by atoms with van der Waals surface area (Å²) in [6, 6.07) is -3.52. The van der Waals surface area contributed by atoms with Crippen LogP contribution in [0.25, 0.3) is 21.8 Å². The van der Waals surface area contributed by atoms with Gasteiger partial charge in [0, 0.05) is 106 Å². The molecule has 43 heteroatoms. The predicted octanol–water partition coefficient (Wildman–Crippen LogP) is -3.30. The molecule has 5 heterocycles. The lowest BCUT2D eigenvalue weighted by molar-refractivity contribution is -0.149. The number of hydrogen-bond donors (Lipinski definition) is 19. The van der Waals surface area contributed by atoms with E-state index in [1.165, 1.54) is 52.3 Å². The number of aromatic hydroxyl groups is 1. The Morgan fingerprint density at radius 2 is 1.03 bits per heavy atom. The van der Waals surface area contributed by atoms with Crippen molar-refractivity contribution in [2.75, 3.05) is 65.5 Å². The third kappa shape index (κ3) is 28.1. The molecular formula is C87H121N19O23S. The maximum Gasteiger partial charge on any atom is 0.303 e. The Labute approximate surface area is 754 Å². The van der Waals surface area contributed by atoms with Gasteiger partial charge in [0.15, 0.2) is 0 Å². The highest BCUT2D eigenvalue weighted by molar-refractivity contribution is 8.00. The molecule has 42 nitrogen and oxygen atoms in total. The monoisotopic (exact) mass is 1830 g/mol. The molecule has 0 bridgehead atoms. The average Bonchev–Trinajstić information content (AvgIpc) is 1.59. The normalized spacial score (nSPS) is 25.3. The lowest BCUT2D eigenvalue weighted by atomic mass is 10.00. The molecule has 2 aromatic heterocycles. The molecule has 3 saturated heterocycles. The number of likely N-dealkylation sites (N-methyl/N-ethyl adjacent to an activating group) is 3. The van der Waals surface area contributed by atoms with Crippen molar-refractivity contribution in [1.82, 2.24) is 87.6 Å². The molecule has 0 aliphatic carbocycles. The van der Waals surface area contributed by atoms with Gasteiger partial charge in [-0.15, -0.1) is 11.8 Å². The third-order valence-electron chi connectivity index (χ3n) is 23.2. The van der Waals surface area contributed by atoms with Crippen LogP contribution in [0, 0.1) is 5.92 Å². The second kappa shape index (κ2) is 48.6. The van der Waals surface area contributed by atoms with E-state index in [0.29, 0.717) is 69.5 Å². The molecule has 3 fully saturated rings. The Bertz CT molecular complexity index is 4910. The number of fused-ring (bicyclic) bond motifs is 4. The van der Waals surface area contributed by atoms with Crippen molar-refractivity contribution in [3.05, 3.63) is 102 Å². The first kappa shape index (κ1) is 103. The summed E-state index contributed by atoms with van der Waals surface area (Å²) in [6.07, 6.45) is -0.516. The van der Waals surface area contributed by atoms with Gasteiger partial charge in [-0.05, 0) is 92.3 Å². The second-order valence-corrected chi connectivity index (χ2v) is 34.4. The standard InChI is InChI=1S/C87H121N19O23S/c1-9-11-22-66-80(122)94-57(29-30-73(114)115)76(118)101-65(75(117)92-40-71(89)112)44-130-45-72(113)93-60(33-48-25-27-51(109)28-26-48)83(125)102(6)47(5)74(116)96-62(37-70(88)111)85(127)105-31-17-24-67(105)81(123)100-64(43-108)79(121)97-59(32-46(3)4)86(128)106-41-52(110)36-69(106)82(124)95-58(34-49-38-90-55-20-15-13-18-53(49)55)77(119)99-63(42-107)78(120)98-61(35-50-39-91-56-21-16-14-19-54(50)56)84(126)104(8)68(23-12-10-2)87(129)103(66)7/h13-16,18-21,25-28,38-39,46-47,52,57-69,90-91,107-110H,9-12,17,22-24,29-37,40-45H2,1-8H3,(H2,88,111)(H2,89,112)(H,92,117)(H,93,113)(H,94,122)(H,95,124)(H,96,116)(H,97,121)(H,98,120)(H,99,119)(H,100,123)(H,101,118)(H,114,115)/t47-,52+,57-,58-,59-,60-,61-,62+,63-,64-,65-,66-,67-,68-,69-/m0/s1. The number of rotatable bonds is 24. The molecule has 3 aromatic carbocycles. The number of para-hydroxylation sites is 2. The fourth-order valence-electron chi connectivity index (χ4n) is 15.9. The van der Waals surface area contributed by atoms with Gasteiger partial charge in [0.2, 0.25) is 100 Å². The highest BCUT2D eigenvalue weighted by Crippen LogP contribution is 2.28. The van der Waals surface area contributed by atoms with E-state index in [-0.39, 0.29) is 70.1 Å². The van der Waals surface area contributed by atoms with E-state index >= 15 is 33.6 Å². The Hall–Kier alpha value is -12.8. The Morgan fingerprint density at radius 3 is 1.61 bits per heavy atom. The van der Waals surface area contributed by atoms with Crippen molar-refractivity contribution in [2.24, 2.45) is 17.4 Å². The van der Waals surface area contributed by atoms with Crippen LogP contribution in [0.3, 0.4) is 0 Å². The van der Waals surface area contributed by atoms with E-state index < -0.39 is 266 Å². The van der Waals surface area contributed by atoms with Gasteiger partial charge in [-0.1, -0.05) is 102 Å². The SMILES string of the molecule is CCCC[C@H]1C(=O)N(C)[C@@H](CCCC)C(=O)N[C@@H](CCC(=O)O)C(=O)N[C@H](C(=O)NCC(N)=O)CSCC(=O)N[C@@H](Cc2ccc(O)cc2)C(=O)N(C)[C@@H](C)C(=O)N[C@H](CC(N)=O)C(=O)N2CCC[C@H]2C(=O)N[C@@H](CO)C(=O)N[C@@H](CC(C)C)C(=O)N2C[C@H](O)C[C@H]2C(=O)N[C@@H](Cc2c[nH]c3ccccc23)C(=O)N[C@@H](CO)C(=O)N[C@@H](Cc2c[nH]c3ccccc23)C(=O)N1C. The summed E-state index contributed by atoms with van der Waals surface area (Å²) >= 11 is 0.700. The Morgan fingerprint density at radius 1 is 0.531 bits per heavy atom. The van der Waals surface area contributed by atoms with E-state index in [0.717, 1.165) is 24.5 Å². The molecule has 5 aromatic rings. The molecule has 21 N–H and O–H groups in total. The third-order valence-corrected chi connectivity index (χ3v) is 24.2. The first-order valence-corrected chi connectivity index (χ1v) is 44.5. The van der Waals surface area contributed by atoms with Gasteiger partial charge in [0.25, 0.3) is 0 Å². The average molecular weight is 1830 g/mol. The van der Waals surface area contributed by atoms with Gasteiger partial charge in [-0.25, -0.2) is 0 Å². The maximum atomic E-state index is 15.7. The minimum absolute atomic E-state index is 0.0481. The van der Waals surface area contributed by atoms with Crippen LogP contribution in [-0.4, -0.2) is 323 Å². The number of phenolic OH excluding ortho intramolecular Hbond substituents is 1. The number of nitrogens with two attached hydrogens (primary N) is 2. The minimum Gasteiger partial charge on any atom is -0.508 e. The Kier molecular flexibility index (Phi) is 38.4. The van der Waals surface area contributed by atoms with Crippen molar-refractivity contribution in [3.63, 3.8) is 0 Å². The number of nitrogens with zero attached hydrogens (tertiary/aromatic N) is 5. The van der Waals surface area contributed by atoms with Crippen LogP contribution in [0.5, 0.6) is 5.75 Å². The smallest absolute Gasteiger partial charge is 0.303 e. The zero-order chi connectivity index (χ0) is 95.5. The molecule has 0 radical (unpaired) electrons. The number of aromatic amines is 2. The number of unbranched alkanes of at least 4 members (excludes halogenated alkanes) is 2. The first-order valence-electron chi connectivity index (χ1n) is 43.3. The summed E-state index contributed by atoms with van der Waals surface area (Å²) in [5, 5.41) is 80.0. The number of carboxylic acid groups (broad SMARTS) is 1. The van der Waals surface area contributed by atoms with Gasteiger partial charge in [0.1, 0.15) is 90.3 Å². The summed E-state index contributed by atoms with van der Waals surface area (Å²) in [7, 11) is 3.77. The van der Waals surface area contributed by atoms with Gasteiger partial charge in [0.05, 0.1) is 38.0 Å². The van der Waals surface area contributed by atoms with E-state index in [2.05, 4.69) is 63.1 Å². The van der Waals surface area contributed by atoms with Gasteiger partial charge < -0.3 is 125 Å². The summed E-state index contributed by atoms with van der Waals surface area (Å²) in [5.74, 6) is -20.3. The fraction of sp³-hybridized carbons (Fsp3) is 0.540. The molecule has 3 aliphatic heterocycles. The minimum atomic E-state index is -1.91. The van der Waals surface area contributed by atoms with E-state index in [9.17, 15) is 78.3 Å². The number of carbonyl (C=O) groups is 18. The van der Waals surface area contributed by atoms with Crippen LogP contribution in [0.15, 0.2) is 85.2 Å². The molecule has 3 aliphatic rings. The summed E-state index contributed by atoms with van der Waals surface area (Å²) in [4.78, 5) is 271. The van der Waals surface area contributed by atoms with Crippen molar-refractivity contribution in [1.29, 1.82) is 0 Å². The molecular weight excluding hydrogens is 1710 g/mol. The number of hydrogen-bond acceptors (Lipinski definition) is 23. The highest BCUT2D eigenvalue weighted by Gasteiger charge is 2.47. The highest BCUT2D eigenvalue weighted by atomic mass is 32.2. The number of thioether (sulfide) groups is 1. The van der Waals surface area contributed by atoms with E-state index in [1.54, 1.807) is 81.7 Å². The van der Waals surface area contributed by atoms with Gasteiger partial charge in [-0.2, -0.15) is 0 Å². The van der Waals surface area contributed by atoms with Crippen molar-refractivity contribution in [3.8, 4) is 5.75 Å². The summed E-state index contributed by atoms with van der Waals surface area (Å²) < 4.78 is 0. The zero-order valence-electron chi connectivity index (χ0n) is 74.0. The number of aliphatic hydroxyl groups is 3. The molecule has 15 atom stereocenters. The lowest BCUT2D eigenvalue weighted by Crippen LogP contribution is -2.62. The number of amides is 17. The second-order valence-electron chi connectivity index (χ2n) is 33.3. The number of H-pyrrole nitrogens is 2. The molecule has 708 valence electrons. The van der Waals surface area contributed by atoms with Crippen LogP contribution < -0.4 is 64.6 Å². The number of nitrogens with one attached hydrogen (secondary N) is 12. The first-order chi connectivity index (χ1) is 61.8. The molecule has 0 unspecified atom stereocenters. The van der Waals surface area contributed by atoms with Crippen LogP contribution in [0.2, 0.25) is 0 Å². The van der Waals surface area contributed by atoms with Crippen LogP contribution in [0.4, 0.5) is 0 Å². The van der Waals surface area contributed by atoms with Gasteiger partial charge >= 0.3 is 5.97 Å². The van der Waals surface area contributed by atoms with Crippen molar-refractivity contribution >= 4 is 140 Å². The number of aromatic nitrogens is 2. The quantitative estimate of drug-likeness (QED) is 0.0288. The maximum absolute atomic E-state index is 15.7. The number of aliphatic carboxylic acids is 1. The number of carbonyl (C=O) groups excluding carboxylic acids is 17. The van der Waals surface area contributed by atoms with Crippen LogP contribution in [0.1, 0.15) is 135 Å². The van der Waals surface area contributed by atoms with Crippen molar-refractivity contribution in [2.45, 2.75) is 228 Å². The van der Waals surface area contributed by atoms with Crippen LogP contribution >= 0.6 is 11.8 Å². The molecule has 0 saturated carbocycles. The van der Waals surface area contributed by atoms with Crippen molar-refractivity contribution < 1.29 is 112 Å². The Balaban J connectivity index is 1.18. The van der Waals surface area contributed by atoms with E-state index in [1.807, 2.05) is 6.92 Å². The predicted molar refractivity (Wildman–Crippen MR) is 472 cm³/mol.